The molecule has 0 radical (unpaired) electrons. The predicted octanol–water partition coefficient (Wildman–Crippen LogP) is 3.85. The van der Waals surface area contributed by atoms with E-state index in [0.29, 0.717) is 53.0 Å². The van der Waals surface area contributed by atoms with Crippen LogP contribution in [-0.2, 0) is 16.6 Å². The van der Waals surface area contributed by atoms with E-state index in [4.69, 9.17) is 11.6 Å². The fraction of sp³-hybridized carbons (Fsp3) is 0.364. The molecule has 10 heteroatoms. The number of hydrogen-bond acceptors (Lipinski definition) is 5. The molecule has 1 amide bonds. The van der Waals surface area contributed by atoms with Crippen molar-refractivity contribution in [3.8, 4) is 0 Å². The first-order valence-electron chi connectivity index (χ1n) is 10.4. The van der Waals surface area contributed by atoms with Gasteiger partial charge in [-0.05, 0) is 49.8 Å². The van der Waals surface area contributed by atoms with E-state index < -0.39 is 10.0 Å². The summed E-state index contributed by atoms with van der Waals surface area (Å²) in [7, 11) is -3.51. The standard InChI is InChI=1S/C22H25ClN4O3S2/c1-15-21(16(2)27(24-15)14-17-6-3-4-7-19(17)23)22(28)26-11-9-18(10-12-26)25-32(29,30)20-8-5-13-31-20/h3-8,13,18,25H,9-12,14H2,1-2H3. The summed E-state index contributed by atoms with van der Waals surface area (Å²) in [5, 5.41) is 6.98. The maximum Gasteiger partial charge on any atom is 0.257 e. The van der Waals surface area contributed by atoms with Crippen LogP contribution in [0.2, 0.25) is 5.02 Å². The fourth-order valence-corrected chi connectivity index (χ4v) is 6.51. The molecular weight excluding hydrogens is 468 g/mol. The van der Waals surface area contributed by atoms with E-state index in [9.17, 15) is 13.2 Å². The first-order chi connectivity index (χ1) is 15.3. The van der Waals surface area contributed by atoms with Crippen molar-refractivity contribution in [1.29, 1.82) is 0 Å². The highest BCUT2D eigenvalue weighted by atomic mass is 35.5. The summed E-state index contributed by atoms with van der Waals surface area (Å²) in [6.07, 6.45) is 1.14. The molecule has 0 spiro atoms. The summed E-state index contributed by atoms with van der Waals surface area (Å²) in [5.41, 5.74) is 3.03. The van der Waals surface area contributed by atoms with Crippen molar-refractivity contribution in [3.63, 3.8) is 0 Å². The van der Waals surface area contributed by atoms with Gasteiger partial charge in [-0.25, -0.2) is 13.1 Å². The quantitative estimate of drug-likeness (QED) is 0.566. The Kier molecular flexibility index (Phi) is 6.71. The van der Waals surface area contributed by atoms with Crippen LogP contribution in [0.3, 0.4) is 0 Å². The third-order valence-electron chi connectivity index (χ3n) is 5.74. The Balaban J connectivity index is 1.42. The van der Waals surface area contributed by atoms with E-state index in [1.165, 1.54) is 11.3 Å². The number of aryl methyl sites for hydroxylation is 1. The highest BCUT2D eigenvalue weighted by Crippen LogP contribution is 2.23. The lowest BCUT2D eigenvalue weighted by molar-refractivity contribution is 0.0709. The normalized spacial score (nSPS) is 15.3. The van der Waals surface area contributed by atoms with Crippen LogP contribution in [0.5, 0.6) is 0 Å². The van der Waals surface area contributed by atoms with Gasteiger partial charge in [0.05, 0.1) is 17.8 Å². The van der Waals surface area contributed by atoms with E-state index in [1.807, 2.05) is 42.8 Å². The number of nitrogens with zero attached hydrogens (tertiary/aromatic N) is 3. The number of aromatic nitrogens is 2. The molecule has 1 aliphatic rings. The molecule has 1 aliphatic heterocycles. The number of carbonyl (C=O) groups is 1. The van der Waals surface area contributed by atoms with Crippen molar-refractivity contribution in [3.05, 3.63) is 69.3 Å². The molecule has 0 bridgehead atoms. The Hall–Kier alpha value is -2.20. The molecule has 3 aromatic rings. The first kappa shape index (κ1) is 23.0. The first-order valence-corrected chi connectivity index (χ1v) is 13.1. The topological polar surface area (TPSA) is 84.3 Å². The summed E-state index contributed by atoms with van der Waals surface area (Å²) in [5.74, 6) is -0.0648. The molecule has 1 N–H and O–H groups in total. The number of thiophene rings is 1. The molecule has 0 unspecified atom stereocenters. The molecular formula is C22H25ClN4O3S2. The van der Waals surface area contributed by atoms with Gasteiger partial charge < -0.3 is 4.90 Å². The molecule has 4 rings (SSSR count). The van der Waals surface area contributed by atoms with Crippen LogP contribution < -0.4 is 4.72 Å². The highest BCUT2D eigenvalue weighted by molar-refractivity contribution is 7.91. The predicted molar refractivity (Wildman–Crippen MR) is 126 cm³/mol. The second-order valence-corrected chi connectivity index (χ2v) is 11.2. The largest absolute Gasteiger partial charge is 0.338 e. The molecule has 170 valence electrons. The van der Waals surface area contributed by atoms with Gasteiger partial charge in [0.25, 0.3) is 5.91 Å². The number of likely N-dealkylation sites (tertiary alicyclic amines) is 1. The summed E-state index contributed by atoms with van der Waals surface area (Å²) < 4.78 is 29.8. The van der Waals surface area contributed by atoms with E-state index >= 15 is 0 Å². The number of rotatable bonds is 6. The average Bonchev–Trinajstić information content (AvgIpc) is 3.39. The summed E-state index contributed by atoms with van der Waals surface area (Å²) in [6.45, 7) is 5.21. The second kappa shape index (κ2) is 9.35. The molecule has 3 heterocycles. The number of benzene rings is 1. The van der Waals surface area contributed by atoms with Crippen LogP contribution in [0.25, 0.3) is 0 Å². The van der Waals surface area contributed by atoms with Crippen molar-refractivity contribution < 1.29 is 13.2 Å². The Morgan fingerprint density at radius 3 is 2.56 bits per heavy atom. The summed E-state index contributed by atoms with van der Waals surface area (Å²) in [6, 6.07) is 10.7. The van der Waals surface area contributed by atoms with Gasteiger partial charge in [-0.1, -0.05) is 35.9 Å². The number of piperidine rings is 1. The van der Waals surface area contributed by atoms with Gasteiger partial charge >= 0.3 is 0 Å². The summed E-state index contributed by atoms with van der Waals surface area (Å²) in [4.78, 5) is 15.0. The molecule has 0 aliphatic carbocycles. The smallest absolute Gasteiger partial charge is 0.257 e. The van der Waals surface area contributed by atoms with Gasteiger partial charge in [0.15, 0.2) is 0 Å². The Morgan fingerprint density at radius 1 is 1.19 bits per heavy atom. The number of amides is 1. The van der Waals surface area contributed by atoms with Crippen LogP contribution >= 0.6 is 22.9 Å². The van der Waals surface area contributed by atoms with Crippen LogP contribution in [0.4, 0.5) is 0 Å². The number of carbonyl (C=O) groups excluding carboxylic acids is 1. The number of halogens is 1. The van der Waals surface area contributed by atoms with Crippen LogP contribution in [0.15, 0.2) is 46.0 Å². The zero-order valence-electron chi connectivity index (χ0n) is 17.9. The molecule has 0 saturated carbocycles. The minimum absolute atomic E-state index is 0.0648. The van der Waals surface area contributed by atoms with Crippen LogP contribution in [0, 0.1) is 13.8 Å². The maximum absolute atomic E-state index is 13.3. The van der Waals surface area contributed by atoms with Crippen molar-refractivity contribution in [2.24, 2.45) is 0 Å². The van der Waals surface area contributed by atoms with Gasteiger partial charge in [-0.3, -0.25) is 9.48 Å². The van der Waals surface area contributed by atoms with Crippen molar-refractivity contribution in [2.75, 3.05) is 13.1 Å². The highest BCUT2D eigenvalue weighted by Gasteiger charge is 2.30. The number of nitrogens with one attached hydrogen (secondary N) is 1. The zero-order valence-corrected chi connectivity index (χ0v) is 20.3. The number of hydrogen-bond donors (Lipinski definition) is 1. The van der Waals surface area contributed by atoms with Crippen molar-refractivity contribution in [2.45, 2.75) is 43.5 Å². The van der Waals surface area contributed by atoms with Crippen molar-refractivity contribution in [1.82, 2.24) is 19.4 Å². The van der Waals surface area contributed by atoms with Gasteiger partial charge in [0.2, 0.25) is 10.0 Å². The third kappa shape index (κ3) is 4.76. The maximum atomic E-state index is 13.3. The molecule has 1 fully saturated rings. The Labute approximate surface area is 197 Å². The van der Waals surface area contributed by atoms with Gasteiger partial charge in [-0.2, -0.15) is 5.10 Å². The van der Waals surface area contributed by atoms with Gasteiger partial charge in [0, 0.05) is 29.8 Å². The lowest BCUT2D eigenvalue weighted by atomic mass is 10.0. The molecule has 1 saturated heterocycles. The van der Waals surface area contributed by atoms with E-state index in [1.54, 1.807) is 22.4 Å². The lowest BCUT2D eigenvalue weighted by Crippen LogP contribution is -2.46. The lowest BCUT2D eigenvalue weighted by Gasteiger charge is -2.32. The van der Waals surface area contributed by atoms with Crippen LogP contribution in [-0.4, -0.2) is 48.1 Å². The molecule has 0 atom stereocenters. The van der Waals surface area contributed by atoms with E-state index in [2.05, 4.69) is 9.82 Å². The minimum atomic E-state index is -3.51. The Morgan fingerprint density at radius 2 is 1.91 bits per heavy atom. The van der Waals surface area contributed by atoms with Crippen LogP contribution in [0.1, 0.15) is 40.2 Å². The Bertz CT molecular complexity index is 1210. The zero-order chi connectivity index (χ0) is 22.9. The van der Waals surface area contributed by atoms with E-state index in [0.717, 1.165) is 11.3 Å². The SMILES string of the molecule is Cc1nn(Cc2ccccc2Cl)c(C)c1C(=O)N1CCC(NS(=O)(=O)c2cccs2)CC1. The second-order valence-electron chi connectivity index (χ2n) is 7.91. The van der Waals surface area contributed by atoms with Crippen molar-refractivity contribution >= 4 is 38.9 Å². The van der Waals surface area contributed by atoms with Gasteiger partial charge in [-0.15, -0.1) is 11.3 Å². The average molecular weight is 493 g/mol. The molecule has 2 aromatic heterocycles. The number of sulfonamides is 1. The summed E-state index contributed by atoms with van der Waals surface area (Å²) >= 11 is 7.48. The molecule has 32 heavy (non-hydrogen) atoms. The molecule has 1 aromatic carbocycles. The minimum Gasteiger partial charge on any atom is -0.338 e. The van der Waals surface area contributed by atoms with Gasteiger partial charge in [0.1, 0.15) is 4.21 Å². The monoisotopic (exact) mass is 492 g/mol. The van der Waals surface area contributed by atoms with E-state index in [-0.39, 0.29) is 11.9 Å². The molecule has 7 nitrogen and oxygen atoms in total. The third-order valence-corrected chi connectivity index (χ3v) is 9.02. The fourth-order valence-electron chi connectivity index (χ4n) is 4.00.